The number of hydrogen-bond acceptors (Lipinski definition) is 3. The van der Waals surface area contributed by atoms with E-state index in [1.807, 2.05) is 0 Å². The summed E-state index contributed by atoms with van der Waals surface area (Å²) in [6.07, 6.45) is 4.37. The maximum Gasteiger partial charge on any atom is 0.170 e. The first-order valence-corrected chi connectivity index (χ1v) is 5.69. The van der Waals surface area contributed by atoms with Gasteiger partial charge in [-0.3, -0.25) is 4.79 Å². The van der Waals surface area contributed by atoms with Crippen LogP contribution in [-0.4, -0.2) is 15.8 Å². The molecular formula is C12H8BrFN2O. The van der Waals surface area contributed by atoms with E-state index >= 15 is 0 Å². The zero-order valence-electron chi connectivity index (χ0n) is 8.73. The quantitative estimate of drug-likeness (QED) is 0.818. The molecule has 0 aliphatic carbocycles. The Morgan fingerprint density at radius 2 is 2.00 bits per heavy atom. The van der Waals surface area contributed by atoms with Crippen molar-refractivity contribution in [2.75, 3.05) is 0 Å². The molecule has 0 unspecified atom stereocenters. The van der Waals surface area contributed by atoms with E-state index < -0.39 is 0 Å². The van der Waals surface area contributed by atoms with Crippen LogP contribution in [0.4, 0.5) is 4.39 Å². The molecule has 0 radical (unpaired) electrons. The lowest BCUT2D eigenvalue weighted by molar-refractivity contribution is 0.0992. The Bertz CT molecular complexity index is 545. The summed E-state index contributed by atoms with van der Waals surface area (Å²) in [6.45, 7) is 0. The third kappa shape index (κ3) is 2.74. The molecule has 17 heavy (non-hydrogen) atoms. The van der Waals surface area contributed by atoms with Gasteiger partial charge in [0.15, 0.2) is 5.78 Å². The van der Waals surface area contributed by atoms with E-state index in [2.05, 4.69) is 25.9 Å². The van der Waals surface area contributed by atoms with E-state index in [-0.39, 0.29) is 18.0 Å². The van der Waals surface area contributed by atoms with Crippen molar-refractivity contribution in [1.82, 2.24) is 9.97 Å². The highest BCUT2D eigenvalue weighted by Crippen LogP contribution is 2.21. The molecule has 2 rings (SSSR count). The summed E-state index contributed by atoms with van der Waals surface area (Å²) in [5.41, 5.74) is 1.03. The summed E-state index contributed by atoms with van der Waals surface area (Å²) in [6, 6.07) is 4.61. The molecule has 0 N–H and O–H groups in total. The van der Waals surface area contributed by atoms with E-state index in [9.17, 15) is 9.18 Å². The molecule has 1 heterocycles. The molecule has 5 heteroatoms. The fraction of sp³-hybridized carbons (Fsp3) is 0.0833. The van der Waals surface area contributed by atoms with Gasteiger partial charge in [0.1, 0.15) is 12.1 Å². The highest BCUT2D eigenvalue weighted by molar-refractivity contribution is 9.10. The predicted octanol–water partition coefficient (Wildman–Crippen LogP) is 2.80. The molecule has 0 amide bonds. The van der Waals surface area contributed by atoms with Crippen molar-refractivity contribution < 1.29 is 9.18 Å². The van der Waals surface area contributed by atoms with E-state index in [1.54, 1.807) is 12.1 Å². The summed E-state index contributed by atoms with van der Waals surface area (Å²) < 4.78 is 13.6. The van der Waals surface area contributed by atoms with Crippen LogP contribution in [0.1, 0.15) is 15.9 Å². The first-order valence-electron chi connectivity index (χ1n) is 4.89. The summed E-state index contributed by atoms with van der Waals surface area (Å²) in [7, 11) is 0. The largest absolute Gasteiger partial charge is 0.294 e. The molecule has 0 saturated heterocycles. The van der Waals surface area contributed by atoms with Crippen molar-refractivity contribution in [3.8, 4) is 0 Å². The highest BCUT2D eigenvalue weighted by Gasteiger charge is 2.11. The molecule has 0 aliphatic rings. The summed E-state index contributed by atoms with van der Waals surface area (Å²) >= 11 is 3.12. The molecule has 86 valence electrons. The maximum atomic E-state index is 13.2. The van der Waals surface area contributed by atoms with Gasteiger partial charge < -0.3 is 0 Å². The fourth-order valence-corrected chi connectivity index (χ4v) is 1.81. The molecule has 0 saturated carbocycles. The van der Waals surface area contributed by atoms with Crippen LogP contribution in [0, 0.1) is 5.82 Å². The number of carbonyl (C=O) groups is 1. The average Bonchev–Trinajstić information content (AvgIpc) is 2.36. The molecule has 0 bridgehead atoms. The zero-order valence-corrected chi connectivity index (χ0v) is 10.3. The number of hydrogen-bond donors (Lipinski definition) is 0. The van der Waals surface area contributed by atoms with Crippen LogP contribution in [-0.2, 0) is 6.42 Å². The van der Waals surface area contributed by atoms with E-state index in [0.717, 1.165) is 0 Å². The molecule has 0 fully saturated rings. The molecule has 1 aromatic heterocycles. The van der Waals surface area contributed by atoms with Gasteiger partial charge in [-0.25, -0.2) is 14.4 Å². The Morgan fingerprint density at radius 1 is 1.29 bits per heavy atom. The van der Waals surface area contributed by atoms with Crippen LogP contribution < -0.4 is 0 Å². The minimum absolute atomic E-state index is 0.117. The van der Waals surface area contributed by atoms with Gasteiger partial charge in [-0.05, 0) is 27.6 Å². The topological polar surface area (TPSA) is 42.9 Å². The Kier molecular flexibility index (Phi) is 3.58. The second kappa shape index (κ2) is 5.14. The van der Waals surface area contributed by atoms with Crippen LogP contribution in [0.3, 0.4) is 0 Å². The number of aromatic nitrogens is 2. The zero-order chi connectivity index (χ0) is 12.3. The molecular weight excluding hydrogens is 287 g/mol. The lowest BCUT2D eigenvalue weighted by atomic mass is 10.1. The van der Waals surface area contributed by atoms with E-state index in [4.69, 9.17) is 0 Å². The van der Waals surface area contributed by atoms with Gasteiger partial charge in [-0.2, -0.15) is 0 Å². The SMILES string of the molecule is O=C(Cc1cccc(F)c1Br)c1cncnc1. The van der Waals surface area contributed by atoms with E-state index in [1.165, 1.54) is 24.8 Å². The minimum Gasteiger partial charge on any atom is -0.294 e. The van der Waals surface area contributed by atoms with Gasteiger partial charge in [0, 0.05) is 18.8 Å². The molecule has 3 nitrogen and oxygen atoms in total. The number of ketones is 1. The standard InChI is InChI=1S/C12H8BrFN2O/c13-12-8(2-1-3-10(12)14)4-11(17)9-5-15-7-16-6-9/h1-3,5-7H,4H2. The van der Waals surface area contributed by atoms with Gasteiger partial charge in [-0.15, -0.1) is 0 Å². The molecule has 0 atom stereocenters. The van der Waals surface area contributed by atoms with Crippen LogP contribution in [0.5, 0.6) is 0 Å². The first-order chi connectivity index (χ1) is 8.18. The summed E-state index contributed by atoms with van der Waals surface area (Å²) in [5.74, 6) is -0.517. The minimum atomic E-state index is -0.375. The highest BCUT2D eigenvalue weighted by atomic mass is 79.9. The normalized spacial score (nSPS) is 10.2. The molecule has 2 aromatic rings. The Hall–Kier alpha value is -1.62. The molecule has 0 aliphatic heterocycles. The van der Waals surface area contributed by atoms with Gasteiger partial charge in [0.05, 0.1) is 10.0 Å². The summed E-state index contributed by atoms with van der Waals surface area (Å²) in [5, 5.41) is 0. The predicted molar refractivity (Wildman–Crippen MR) is 64.2 cm³/mol. The number of carbonyl (C=O) groups excluding carboxylic acids is 1. The number of nitrogens with zero attached hydrogens (tertiary/aromatic N) is 2. The Labute approximate surface area is 106 Å². The molecule has 0 spiro atoms. The third-order valence-corrected chi connectivity index (χ3v) is 3.15. The number of halogens is 2. The van der Waals surface area contributed by atoms with Crippen molar-refractivity contribution in [1.29, 1.82) is 0 Å². The number of benzene rings is 1. The Balaban J connectivity index is 2.22. The second-order valence-corrected chi connectivity index (χ2v) is 4.23. The van der Waals surface area contributed by atoms with Crippen molar-refractivity contribution in [3.63, 3.8) is 0 Å². The average molecular weight is 295 g/mol. The van der Waals surface area contributed by atoms with Gasteiger partial charge in [0.25, 0.3) is 0 Å². The van der Waals surface area contributed by atoms with Crippen molar-refractivity contribution >= 4 is 21.7 Å². The third-order valence-electron chi connectivity index (χ3n) is 2.27. The van der Waals surface area contributed by atoms with Crippen LogP contribution >= 0.6 is 15.9 Å². The van der Waals surface area contributed by atoms with Gasteiger partial charge in [0.2, 0.25) is 0 Å². The van der Waals surface area contributed by atoms with E-state index in [0.29, 0.717) is 15.6 Å². The second-order valence-electron chi connectivity index (χ2n) is 3.44. The molecule has 1 aromatic carbocycles. The van der Waals surface area contributed by atoms with Crippen molar-refractivity contribution in [2.45, 2.75) is 6.42 Å². The van der Waals surface area contributed by atoms with Crippen LogP contribution in [0.25, 0.3) is 0 Å². The van der Waals surface area contributed by atoms with Crippen LogP contribution in [0.2, 0.25) is 0 Å². The fourth-order valence-electron chi connectivity index (χ4n) is 1.40. The monoisotopic (exact) mass is 294 g/mol. The first kappa shape index (κ1) is 11.9. The van der Waals surface area contributed by atoms with Crippen LogP contribution in [0.15, 0.2) is 41.4 Å². The number of rotatable bonds is 3. The summed E-state index contributed by atoms with van der Waals surface area (Å²) in [4.78, 5) is 19.4. The van der Waals surface area contributed by atoms with Crippen molar-refractivity contribution in [2.24, 2.45) is 0 Å². The van der Waals surface area contributed by atoms with Gasteiger partial charge >= 0.3 is 0 Å². The Morgan fingerprint density at radius 3 is 2.71 bits per heavy atom. The lowest BCUT2D eigenvalue weighted by Gasteiger charge is -2.04. The smallest absolute Gasteiger partial charge is 0.170 e. The van der Waals surface area contributed by atoms with Crippen molar-refractivity contribution in [3.05, 3.63) is 58.3 Å². The van der Waals surface area contributed by atoms with Gasteiger partial charge in [-0.1, -0.05) is 12.1 Å². The number of Topliss-reactive ketones (excluding diaryl/α,β-unsaturated/α-hetero) is 1. The lowest BCUT2D eigenvalue weighted by Crippen LogP contribution is -2.05. The maximum absolute atomic E-state index is 13.2.